The molecule has 1 aliphatic heterocycles. The second-order valence-corrected chi connectivity index (χ2v) is 9.22. The fourth-order valence-electron chi connectivity index (χ4n) is 4.81. The van der Waals surface area contributed by atoms with Crippen LogP contribution in [-0.4, -0.2) is 42.0 Å². The van der Waals surface area contributed by atoms with Gasteiger partial charge >= 0.3 is 0 Å². The number of piperidine rings is 1. The summed E-state index contributed by atoms with van der Waals surface area (Å²) in [6.07, 6.45) is 16.4. The number of pyridine rings is 1. The Balaban J connectivity index is 0.00000107. The lowest BCUT2D eigenvalue weighted by atomic mass is 9.93. The molecular formula is C25H39ClN4O. The first-order chi connectivity index (χ1) is 15.1. The molecule has 1 aromatic rings. The number of rotatable bonds is 7. The molecule has 3 rings (SSSR count). The van der Waals surface area contributed by atoms with E-state index < -0.39 is 0 Å². The number of nitrogens with zero attached hydrogens (tertiary/aromatic N) is 4. The number of carbonyl (C=O) groups is 1. The maximum Gasteiger partial charge on any atom is 0.209 e. The van der Waals surface area contributed by atoms with Crippen molar-refractivity contribution in [3.63, 3.8) is 0 Å². The highest BCUT2D eigenvalue weighted by Gasteiger charge is 2.24. The van der Waals surface area contributed by atoms with Crippen LogP contribution in [0.25, 0.3) is 0 Å². The molecule has 0 bridgehead atoms. The Morgan fingerprint density at radius 2 is 1.90 bits per heavy atom. The number of halogens is 1. The molecule has 1 aliphatic carbocycles. The van der Waals surface area contributed by atoms with E-state index in [9.17, 15) is 4.79 Å². The summed E-state index contributed by atoms with van der Waals surface area (Å²) < 4.78 is 0. The van der Waals surface area contributed by atoms with E-state index in [0.717, 1.165) is 49.7 Å². The lowest BCUT2D eigenvalue weighted by Crippen LogP contribution is -2.40. The minimum absolute atomic E-state index is 0.454. The molecule has 31 heavy (non-hydrogen) atoms. The predicted octanol–water partition coefficient (Wildman–Crippen LogP) is 6.01. The predicted molar refractivity (Wildman–Crippen MR) is 128 cm³/mol. The van der Waals surface area contributed by atoms with E-state index in [2.05, 4.69) is 27.8 Å². The van der Waals surface area contributed by atoms with Crippen LogP contribution in [0.15, 0.2) is 12.3 Å². The fourth-order valence-corrected chi connectivity index (χ4v) is 5.12. The van der Waals surface area contributed by atoms with Gasteiger partial charge in [0.1, 0.15) is 5.82 Å². The number of aromatic nitrogens is 1. The SMILES string of the molecule is CC#N.CCc1cnc(N2CCCC(CCN(C=O)C3CCCCCCC3)C2)c(Cl)c1. The summed E-state index contributed by atoms with van der Waals surface area (Å²) >= 11 is 6.51. The van der Waals surface area contributed by atoms with Gasteiger partial charge in [-0.15, -0.1) is 0 Å². The smallest absolute Gasteiger partial charge is 0.209 e. The van der Waals surface area contributed by atoms with Crippen LogP contribution in [0.1, 0.15) is 83.6 Å². The van der Waals surface area contributed by atoms with Crippen molar-refractivity contribution in [1.82, 2.24) is 9.88 Å². The van der Waals surface area contributed by atoms with Gasteiger partial charge in [0.05, 0.1) is 11.1 Å². The van der Waals surface area contributed by atoms with Crippen LogP contribution in [0.4, 0.5) is 5.82 Å². The van der Waals surface area contributed by atoms with Crippen LogP contribution < -0.4 is 4.90 Å². The molecule has 1 unspecified atom stereocenters. The monoisotopic (exact) mass is 446 g/mol. The van der Waals surface area contributed by atoms with Crippen LogP contribution in [0.5, 0.6) is 0 Å². The second-order valence-electron chi connectivity index (χ2n) is 8.81. The van der Waals surface area contributed by atoms with Crippen LogP contribution in [0.2, 0.25) is 5.02 Å². The van der Waals surface area contributed by atoms with Gasteiger partial charge in [-0.1, -0.05) is 50.6 Å². The van der Waals surface area contributed by atoms with Crippen LogP contribution in [0, 0.1) is 17.2 Å². The van der Waals surface area contributed by atoms with Gasteiger partial charge in [0.2, 0.25) is 6.41 Å². The van der Waals surface area contributed by atoms with Crippen molar-refractivity contribution < 1.29 is 4.79 Å². The van der Waals surface area contributed by atoms with Crippen molar-refractivity contribution in [2.45, 2.75) is 90.5 Å². The van der Waals surface area contributed by atoms with Gasteiger partial charge in [-0.25, -0.2) is 4.98 Å². The van der Waals surface area contributed by atoms with Crippen molar-refractivity contribution in [1.29, 1.82) is 5.26 Å². The molecule has 172 valence electrons. The molecule has 0 N–H and O–H groups in total. The highest BCUT2D eigenvalue weighted by atomic mass is 35.5. The molecule has 0 radical (unpaired) electrons. The Morgan fingerprint density at radius 3 is 2.52 bits per heavy atom. The number of hydrogen-bond acceptors (Lipinski definition) is 4. The van der Waals surface area contributed by atoms with Gasteiger partial charge in [0.15, 0.2) is 0 Å². The number of hydrogen-bond donors (Lipinski definition) is 0. The maximum atomic E-state index is 11.8. The van der Waals surface area contributed by atoms with Gasteiger partial charge in [0.25, 0.3) is 0 Å². The third-order valence-electron chi connectivity index (χ3n) is 6.58. The molecule has 1 amide bonds. The number of aryl methyl sites for hydroxylation is 1. The molecule has 5 nitrogen and oxygen atoms in total. The molecule has 2 heterocycles. The van der Waals surface area contributed by atoms with E-state index in [0.29, 0.717) is 12.0 Å². The Bertz CT molecular complexity index is 697. The summed E-state index contributed by atoms with van der Waals surface area (Å²) in [5, 5.41) is 8.09. The van der Waals surface area contributed by atoms with Gasteiger partial charge in [-0.3, -0.25) is 4.79 Å². The van der Waals surface area contributed by atoms with Crippen LogP contribution >= 0.6 is 11.6 Å². The zero-order chi connectivity index (χ0) is 22.5. The molecule has 6 heteroatoms. The van der Waals surface area contributed by atoms with E-state index in [1.165, 1.54) is 70.3 Å². The van der Waals surface area contributed by atoms with Gasteiger partial charge < -0.3 is 9.80 Å². The average molecular weight is 447 g/mol. The van der Waals surface area contributed by atoms with Crippen LogP contribution in [0.3, 0.4) is 0 Å². The molecule has 0 spiro atoms. The third kappa shape index (κ3) is 8.33. The molecule has 1 saturated heterocycles. The molecule has 2 aliphatic rings. The summed E-state index contributed by atoms with van der Waals surface area (Å²) in [4.78, 5) is 20.8. The summed E-state index contributed by atoms with van der Waals surface area (Å²) in [7, 11) is 0. The Morgan fingerprint density at radius 1 is 1.23 bits per heavy atom. The molecule has 1 atom stereocenters. The van der Waals surface area contributed by atoms with Gasteiger partial charge in [0, 0.05) is 38.8 Å². The zero-order valence-corrected chi connectivity index (χ0v) is 20.1. The Labute approximate surface area is 193 Å². The number of carbonyl (C=O) groups excluding carboxylic acids is 1. The van der Waals surface area contributed by atoms with E-state index in [4.69, 9.17) is 16.9 Å². The van der Waals surface area contributed by atoms with E-state index >= 15 is 0 Å². The summed E-state index contributed by atoms with van der Waals surface area (Å²) in [5.41, 5.74) is 1.18. The number of nitriles is 1. The standard InChI is InChI=1S/C23H36ClN3O.C2H3N/c1-2-19-15-22(24)23(25-16-19)26-13-8-9-20(17-26)12-14-27(18-28)21-10-6-4-3-5-7-11-21;1-2-3/h15-16,18,20-21H,2-14,17H2,1H3;1H3. The van der Waals surface area contributed by atoms with Crippen LogP contribution in [-0.2, 0) is 11.2 Å². The topological polar surface area (TPSA) is 60.2 Å². The lowest BCUT2D eigenvalue weighted by Gasteiger charge is -2.36. The quantitative estimate of drug-likeness (QED) is 0.481. The highest BCUT2D eigenvalue weighted by molar-refractivity contribution is 6.33. The number of amides is 1. The zero-order valence-electron chi connectivity index (χ0n) is 19.4. The van der Waals surface area contributed by atoms with Crippen molar-refractivity contribution in [3.8, 4) is 6.07 Å². The molecule has 1 saturated carbocycles. The minimum Gasteiger partial charge on any atom is -0.355 e. The lowest BCUT2D eigenvalue weighted by molar-refractivity contribution is -0.120. The van der Waals surface area contributed by atoms with Crippen molar-refractivity contribution >= 4 is 23.8 Å². The molecule has 1 aromatic heterocycles. The van der Waals surface area contributed by atoms with Crippen molar-refractivity contribution in [2.75, 3.05) is 24.5 Å². The second kappa shape index (κ2) is 14.3. The Hall–Kier alpha value is -1.80. The van der Waals surface area contributed by atoms with E-state index in [1.807, 2.05) is 6.20 Å². The van der Waals surface area contributed by atoms with Crippen molar-refractivity contribution in [2.24, 2.45) is 5.92 Å². The first-order valence-electron chi connectivity index (χ1n) is 12.0. The molecule has 2 fully saturated rings. The maximum absolute atomic E-state index is 11.8. The summed E-state index contributed by atoms with van der Waals surface area (Å²) in [5.74, 6) is 1.53. The average Bonchev–Trinajstić information content (AvgIpc) is 2.75. The third-order valence-corrected chi connectivity index (χ3v) is 6.86. The first-order valence-corrected chi connectivity index (χ1v) is 12.4. The van der Waals surface area contributed by atoms with E-state index in [-0.39, 0.29) is 0 Å². The normalized spacial score (nSPS) is 19.9. The minimum atomic E-state index is 0.454. The fraction of sp³-hybridized carbons (Fsp3) is 0.720. The first kappa shape index (κ1) is 25.5. The van der Waals surface area contributed by atoms with Gasteiger partial charge in [-0.2, -0.15) is 5.26 Å². The number of anilines is 1. The van der Waals surface area contributed by atoms with E-state index in [1.54, 1.807) is 6.07 Å². The Kier molecular flexibility index (Phi) is 11.7. The van der Waals surface area contributed by atoms with Crippen molar-refractivity contribution in [3.05, 3.63) is 22.8 Å². The summed E-state index contributed by atoms with van der Waals surface area (Å²) in [6, 6.07) is 4.26. The summed E-state index contributed by atoms with van der Waals surface area (Å²) in [6.45, 7) is 6.46. The molecular weight excluding hydrogens is 408 g/mol. The highest BCUT2D eigenvalue weighted by Crippen LogP contribution is 2.30. The molecule has 0 aromatic carbocycles. The van der Waals surface area contributed by atoms with Gasteiger partial charge in [-0.05, 0) is 56.1 Å². The largest absolute Gasteiger partial charge is 0.355 e.